The van der Waals surface area contributed by atoms with E-state index in [4.69, 9.17) is 0 Å². The molecule has 1 amide bonds. The van der Waals surface area contributed by atoms with Gasteiger partial charge in [-0.25, -0.2) is 4.98 Å². The summed E-state index contributed by atoms with van der Waals surface area (Å²) in [5.74, 6) is 1.94. The minimum absolute atomic E-state index is 0.0120. The van der Waals surface area contributed by atoms with Crippen molar-refractivity contribution >= 4 is 5.91 Å². The number of likely N-dealkylation sites (tertiary alicyclic amines) is 2. The second kappa shape index (κ2) is 6.40. The van der Waals surface area contributed by atoms with E-state index in [1.54, 1.807) is 0 Å². The number of imidazole rings is 1. The smallest absolute Gasteiger partial charge is 0.240 e. The molecule has 0 spiro atoms. The third kappa shape index (κ3) is 2.96. The molecule has 1 aromatic heterocycles. The van der Waals surface area contributed by atoms with Crippen molar-refractivity contribution in [2.24, 2.45) is 13.0 Å². The van der Waals surface area contributed by atoms with Crippen LogP contribution in [0.25, 0.3) is 0 Å². The van der Waals surface area contributed by atoms with E-state index in [0.717, 1.165) is 38.4 Å². The number of aryl methyl sites for hydroxylation is 1. The van der Waals surface area contributed by atoms with E-state index in [1.807, 2.05) is 42.2 Å². The summed E-state index contributed by atoms with van der Waals surface area (Å²) >= 11 is 0. The Balaban J connectivity index is 1.49. The highest BCUT2D eigenvalue weighted by atomic mass is 16.2. The Morgan fingerprint density at radius 1 is 1.21 bits per heavy atom. The van der Waals surface area contributed by atoms with E-state index in [1.165, 1.54) is 12.0 Å². The fourth-order valence-corrected chi connectivity index (χ4v) is 3.99. The van der Waals surface area contributed by atoms with Gasteiger partial charge in [-0.05, 0) is 30.9 Å². The zero-order valence-corrected chi connectivity index (χ0v) is 14.1. The van der Waals surface area contributed by atoms with Crippen LogP contribution in [0.2, 0.25) is 0 Å². The lowest BCUT2D eigenvalue weighted by Crippen LogP contribution is -2.58. The maximum atomic E-state index is 13.0. The fourth-order valence-electron chi connectivity index (χ4n) is 3.99. The van der Waals surface area contributed by atoms with Crippen LogP contribution < -0.4 is 0 Å². The Bertz CT molecular complexity index is 711. The van der Waals surface area contributed by atoms with Crippen LogP contribution in [0.15, 0.2) is 42.7 Å². The number of aromatic nitrogens is 2. The number of rotatable bonds is 4. The van der Waals surface area contributed by atoms with Crippen LogP contribution in [0.1, 0.15) is 24.2 Å². The Kier molecular flexibility index (Phi) is 4.10. The van der Waals surface area contributed by atoms with Crippen LogP contribution >= 0.6 is 0 Å². The second-order valence-corrected chi connectivity index (χ2v) is 7.04. The molecule has 0 saturated carbocycles. The first-order chi connectivity index (χ1) is 11.7. The van der Waals surface area contributed by atoms with Crippen molar-refractivity contribution in [2.75, 3.05) is 13.1 Å². The highest BCUT2D eigenvalue weighted by molar-refractivity contribution is 5.83. The maximum absolute atomic E-state index is 13.0. The number of amides is 1. The molecule has 2 atom stereocenters. The van der Waals surface area contributed by atoms with Gasteiger partial charge < -0.3 is 9.47 Å². The molecular formula is C19H24N4O. The molecule has 126 valence electrons. The SMILES string of the molecule is Cn1ccnc1CN1CC[C@H]2C[C@@H]1C(=O)N(Cc1ccccc1)C2. The molecular weight excluding hydrogens is 300 g/mol. The fraction of sp³-hybridized carbons (Fsp3) is 0.474. The molecule has 5 heteroatoms. The van der Waals surface area contributed by atoms with Crippen molar-refractivity contribution in [2.45, 2.75) is 32.0 Å². The van der Waals surface area contributed by atoms with Crippen molar-refractivity contribution in [3.8, 4) is 0 Å². The van der Waals surface area contributed by atoms with Gasteiger partial charge >= 0.3 is 0 Å². The molecule has 24 heavy (non-hydrogen) atoms. The van der Waals surface area contributed by atoms with Crippen molar-refractivity contribution in [3.05, 3.63) is 54.1 Å². The monoisotopic (exact) mass is 324 g/mol. The normalized spacial score (nSPS) is 24.4. The van der Waals surface area contributed by atoms with Crippen LogP contribution in [0.3, 0.4) is 0 Å². The molecule has 2 aliphatic rings. The molecule has 2 saturated heterocycles. The van der Waals surface area contributed by atoms with E-state index in [-0.39, 0.29) is 11.9 Å². The quantitative estimate of drug-likeness (QED) is 0.864. The Labute approximate surface area is 142 Å². The van der Waals surface area contributed by atoms with Crippen LogP contribution in [-0.4, -0.2) is 44.4 Å². The highest BCUT2D eigenvalue weighted by Crippen LogP contribution is 2.31. The average molecular weight is 324 g/mol. The van der Waals surface area contributed by atoms with Crippen molar-refractivity contribution in [3.63, 3.8) is 0 Å². The van der Waals surface area contributed by atoms with Gasteiger partial charge in [-0.15, -0.1) is 0 Å². The van der Waals surface area contributed by atoms with E-state index < -0.39 is 0 Å². The van der Waals surface area contributed by atoms with Crippen LogP contribution in [0, 0.1) is 5.92 Å². The summed E-state index contributed by atoms with van der Waals surface area (Å²) in [5, 5.41) is 0. The van der Waals surface area contributed by atoms with E-state index in [2.05, 4.69) is 26.9 Å². The standard InChI is InChI=1S/C19H24N4O/c1-21-10-8-20-18(21)14-22-9-7-16-11-17(22)19(24)23(13-16)12-15-5-3-2-4-6-15/h2-6,8,10,16-17H,7,9,11-14H2,1H3/t16-,17+/m0/s1. The number of hydrogen-bond acceptors (Lipinski definition) is 3. The first kappa shape index (κ1) is 15.4. The van der Waals surface area contributed by atoms with Gasteiger partial charge in [0.1, 0.15) is 5.82 Å². The number of hydrogen-bond donors (Lipinski definition) is 0. The molecule has 0 radical (unpaired) electrons. The predicted molar refractivity (Wildman–Crippen MR) is 92.0 cm³/mol. The number of carbonyl (C=O) groups is 1. The maximum Gasteiger partial charge on any atom is 0.240 e. The topological polar surface area (TPSA) is 41.4 Å². The summed E-state index contributed by atoms with van der Waals surface area (Å²) in [7, 11) is 2.01. The van der Waals surface area contributed by atoms with Gasteiger partial charge in [-0.2, -0.15) is 0 Å². The molecule has 5 nitrogen and oxygen atoms in total. The minimum atomic E-state index is 0.0120. The third-order valence-corrected chi connectivity index (χ3v) is 5.38. The van der Waals surface area contributed by atoms with E-state index in [9.17, 15) is 4.79 Å². The van der Waals surface area contributed by atoms with Gasteiger partial charge in [0.15, 0.2) is 0 Å². The predicted octanol–water partition coefficient (Wildman–Crippen LogP) is 2.04. The minimum Gasteiger partial charge on any atom is -0.337 e. The van der Waals surface area contributed by atoms with Gasteiger partial charge in [-0.1, -0.05) is 30.3 Å². The lowest BCUT2D eigenvalue weighted by Gasteiger charge is -2.46. The van der Waals surface area contributed by atoms with Gasteiger partial charge in [0.25, 0.3) is 0 Å². The molecule has 3 heterocycles. The molecule has 0 aliphatic carbocycles. The van der Waals surface area contributed by atoms with Crippen molar-refractivity contribution < 1.29 is 4.79 Å². The number of nitrogens with zero attached hydrogens (tertiary/aromatic N) is 4. The van der Waals surface area contributed by atoms with E-state index in [0.29, 0.717) is 5.92 Å². The summed E-state index contributed by atoms with van der Waals surface area (Å²) in [6, 6.07) is 10.3. The van der Waals surface area contributed by atoms with Crippen LogP contribution in [-0.2, 0) is 24.9 Å². The second-order valence-electron chi connectivity index (χ2n) is 7.04. The molecule has 2 aromatic rings. The van der Waals surface area contributed by atoms with Crippen LogP contribution in [0.4, 0.5) is 0 Å². The van der Waals surface area contributed by atoms with Crippen molar-refractivity contribution in [1.82, 2.24) is 19.4 Å². The van der Waals surface area contributed by atoms with Gasteiger partial charge in [0.2, 0.25) is 5.91 Å². The summed E-state index contributed by atoms with van der Waals surface area (Å²) in [6.45, 7) is 3.38. The van der Waals surface area contributed by atoms with Crippen LogP contribution in [0.5, 0.6) is 0 Å². The Morgan fingerprint density at radius 3 is 2.79 bits per heavy atom. The first-order valence-electron chi connectivity index (χ1n) is 8.73. The molecule has 0 unspecified atom stereocenters. The van der Waals surface area contributed by atoms with Gasteiger partial charge in [-0.3, -0.25) is 9.69 Å². The lowest BCUT2D eigenvalue weighted by atomic mass is 9.85. The molecule has 2 fully saturated rings. The van der Waals surface area contributed by atoms with Gasteiger partial charge in [0.05, 0.1) is 12.6 Å². The summed E-state index contributed by atoms with van der Waals surface area (Å²) in [6.07, 6.45) is 5.95. The number of carbonyl (C=O) groups excluding carboxylic acids is 1. The lowest BCUT2D eigenvalue weighted by molar-refractivity contribution is -0.146. The zero-order valence-electron chi connectivity index (χ0n) is 14.1. The largest absolute Gasteiger partial charge is 0.337 e. The van der Waals surface area contributed by atoms with Crippen molar-refractivity contribution in [1.29, 1.82) is 0 Å². The first-order valence-corrected chi connectivity index (χ1v) is 8.73. The average Bonchev–Trinajstić information content (AvgIpc) is 3.00. The summed E-state index contributed by atoms with van der Waals surface area (Å²) < 4.78 is 2.04. The van der Waals surface area contributed by atoms with Gasteiger partial charge in [0, 0.05) is 32.5 Å². The summed E-state index contributed by atoms with van der Waals surface area (Å²) in [4.78, 5) is 21.8. The number of piperidine rings is 2. The molecule has 0 N–H and O–H groups in total. The molecule has 1 aromatic carbocycles. The molecule has 2 aliphatic heterocycles. The number of benzene rings is 1. The Morgan fingerprint density at radius 2 is 2.04 bits per heavy atom. The Hall–Kier alpha value is -2.14. The molecule has 2 bridgehead atoms. The summed E-state index contributed by atoms with van der Waals surface area (Å²) in [5.41, 5.74) is 1.21. The highest BCUT2D eigenvalue weighted by Gasteiger charge is 2.41. The third-order valence-electron chi connectivity index (χ3n) is 5.38. The number of fused-ring (bicyclic) bond motifs is 2. The van der Waals surface area contributed by atoms with E-state index >= 15 is 0 Å². The molecule has 4 rings (SSSR count). The zero-order chi connectivity index (χ0) is 16.5.